The van der Waals surface area contributed by atoms with E-state index in [4.69, 9.17) is 14.9 Å². The first-order valence-corrected chi connectivity index (χ1v) is 10.8. The van der Waals surface area contributed by atoms with Crippen LogP contribution in [0.15, 0.2) is 66.7 Å². The first-order chi connectivity index (χ1) is 16.4. The van der Waals surface area contributed by atoms with Gasteiger partial charge in [0.05, 0.1) is 6.61 Å². The molecule has 4 rings (SSSR count). The Morgan fingerprint density at radius 1 is 0.971 bits per heavy atom. The van der Waals surface area contributed by atoms with Gasteiger partial charge < -0.3 is 20.3 Å². The van der Waals surface area contributed by atoms with Gasteiger partial charge >= 0.3 is 12.1 Å². The van der Waals surface area contributed by atoms with E-state index in [0.717, 1.165) is 22.3 Å². The van der Waals surface area contributed by atoms with Crippen molar-refractivity contribution in [2.45, 2.75) is 18.9 Å². The first kappa shape index (κ1) is 23.0. The van der Waals surface area contributed by atoms with Gasteiger partial charge in [-0.2, -0.15) is 0 Å². The van der Waals surface area contributed by atoms with Crippen LogP contribution in [-0.4, -0.2) is 47.4 Å². The van der Waals surface area contributed by atoms with Crippen molar-refractivity contribution in [1.82, 2.24) is 5.32 Å². The number of hydrogen-bond acceptors (Lipinski definition) is 5. The minimum Gasteiger partial charge on any atom is -0.480 e. The molecule has 0 saturated carbocycles. The number of aliphatic carboxylic acids is 1. The minimum absolute atomic E-state index is 0.0807. The number of anilines is 1. The third-order valence-electron chi connectivity index (χ3n) is 5.87. The molecule has 0 unspecified atom stereocenters. The molecular weight excluding hydrogens is 436 g/mol. The van der Waals surface area contributed by atoms with Crippen LogP contribution < -0.4 is 10.6 Å². The Labute approximate surface area is 196 Å². The van der Waals surface area contributed by atoms with Crippen molar-refractivity contribution < 1.29 is 29.3 Å². The van der Waals surface area contributed by atoms with Crippen molar-refractivity contribution in [3.63, 3.8) is 0 Å². The van der Waals surface area contributed by atoms with E-state index in [0.29, 0.717) is 11.3 Å². The van der Waals surface area contributed by atoms with Crippen molar-refractivity contribution in [1.29, 1.82) is 0 Å². The number of aliphatic hydroxyl groups is 1. The maximum Gasteiger partial charge on any atom is 0.411 e. The number of hydrogen-bond donors (Lipinski definition) is 4. The summed E-state index contributed by atoms with van der Waals surface area (Å²) in [5, 5.41) is 23.0. The maximum absolute atomic E-state index is 12.6. The summed E-state index contributed by atoms with van der Waals surface area (Å²) in [6, 6.07) is 19.2. The van der Waals surface area contributed by atoms with Crippen LogP contribution in [0, 0.1) is 6.92 Å². The number of carbonyl (C=O) groups excluding carboxylic acids is 2. The van der Waals surface area contributed by atoms with Crippen LogP contribution in [0.5, 0.6) is 0 Å². The highest BCUT2D eigenvalue weighted by Gasteiger charge is 2.29. The average Bonchev–Trinajstić information content (AvgIpc) is 3.16. The number of benzene rings is 3. The largest absolute Gasteiger partial charge is 0.480 e. The van der Waals surface area contributed by atoms with E-state index in [1.807, 2.05) is 36.4 Å². The van der Waals surface area contributed by atoms with E-state index in [1.165, 1.54) is 12.1 Å². The summed E-state index contributed by atoms with van der Waals surface area (Å²) in [6.45, 7) is 1.17. The van der Waals surface area contributed by atoms with E-state index in [9.17, 15) is 14.4 Å². The molecule has 0 aromatic heterocycles. The normalized spacial score (nSPS) is 12.9. The smallest absolute Gasteiger partial charge is 0.411 e. The molecule has 0 fully saturated rings. The van der Waals surface area contributed by atoms with Crippen LogP contribution in [0.1, 0.15) is 33.0 Å². The van der Waals surface area contributed by atoms with Crippen LogP contribution >= 0.6 is 0 Å². The number of aryl methyl sites for hydroxylation is 1. The Balaban J connectivity index is 1.44. The molecule has 4 N–H and O–H groups in total. The van der Waals surface area contributed by atoms with Gasteiger partial charge in [0.1, 0.15) is 6.61 Å². The zero-order valence-corrected chi connectivity index (χ0v) is 18.4. The Morgan fingerprint density at radius 3 is 2.18 bits per heavy atom. The highest BCUT2D eigenvalue weighted by Crippen LogP contribution is 2.44. The zero-order valence-electron chi connectivity index (χ0n) is 18.4. The number of nitrogens with one attached hydrogen (secondary N) is 2. The van der Waals surface area contributed by atoms with Gasteiger partial charge in [-0.25, -0.2) is 9.59 Å². The predicted molar refractivity (Wildman–Crippen MR) is 126 cm³/mol. The van der Waals surface area contributed by atoms with Gasteiger partial charge in [0.2, 0.25) is 0 Å². The highest BCUT2D eigenvalue weighted by atomic mass is 16.5. The Bertz CT molecular complexity index is 1210. The number of aliphatic hydroxyl groups excluding tert-OH is 1. The van der Waals surface area contributed by atoms with Crippen LogP contribution in [0.25, 0.3) is 11.1 Å². The number of carbonyl (C=O) groups is 3. The zero-order chi connectivity index (χ0) is 24.2. The van der Waals surface area contributed by atoms with Gasteiger partial charge in [-0.1, -0.05) is 54.6 Å². The monoisotopic (exact) mass is 460 g/mol. The van der Waals surface area contributed by atoms with Gasteiger partial charge in [-0.15, -0.1) is 0 Å². The van der Waals surface area contributed by atoms with Gasteiger partial charge in [0.25, 0.3) is 5.91 Å². The molecule has 0 radical (unpaired) electrons. The molecule has 0 saturated heterocycles. The highest BCUT2D eigenvalue weighted by molar-refractivity contribution is 5.98. The molecule has 3 aromatic carbocycles. The third kappa shape index (κ3) is 4.62. The molecule has 1 atom stereocenters. The van der Waals surface area contributed by atoms with Gasteiger partial charge in [-0.3, -0.25) is 10.1 Å². The van der Waals surface area contributed by atoms with Crippen LogP contribution in [-0.2, 0) is 9.53 Å². The number of fused-ring (bicyclic) bond motifs is 3. The molecule has 1 aliphatic rings. The SMILES string of the molecule is Cc1ccc(C(=O)N[C@@H](CO)C(=O)O)cc1NC(=O)OCC1c2ccccc2-c2ccccc21. The molecule has 0 spiro atoms. The molecule has 174 valence electrons. The van der Waals surface area contributed by atoms with Crippen molar-refractivity contribution in [3.05, 3.63) is 89.0 Å². The lowest BCUT2D eigenvalue weighted by Gasteiger charge is -2.16. The topological polar surface area (TPSA) is 125 Å². The summed E-state index contributed by atoms with van der Waals surface area (Å²) in [7, 11) is 0. The molecule has 1 aliphatic carbocycles. The lowest BCUT2D eigenvalue weighted by atomic mass is 9.98. The number of rotatable bonds is 7. The van der Waals surface area contributed by atoms with Crippen molar-refractivity contribution in [3.8, 4) is 11.1 Å². The van der Waals surface area contributed by atoms with E-state index in [2.05, 4.69) is 22.8 Å². The van der Waals surface area contributed by atoms with Crippen molar-refractivity contribution in [2.75, 3.05) is 18.5 Å². The molecule has 0 bridgehead atoms. The van der Waals surface area contributed by atoms with E-state index < -0.39 is 30.6 Å². The molecule has 2 amide bonds. The second-order valence-corrected chi connectivity index (χ2v) is 8.03. The lowest BCUT2D eigenvalue weighted by molar-refractivity contribution is -0.140. The summed E-state index contributed by atoms with van der Waals surface area (Å²) in [6.07, 6.45) is -0.665. The van der Waals surface area contributed by atoms with Crippen molar-refractivity contribution in [2.24, 2.45) is 0 Å². The molecule has 3 aromatic rings. The van der Waals surface area contributed by atoms with Gasteiger partial charge in [0.15, 0.2) is 6.04 Å². The van der Waals surface area contributed by atoms with Crippen molar-refractivity contribution >= 4 is 23.7 Å². The summed E-state index contributed by atoms with van der Waals surface area (Å²) < 4.78 is 5.55. The van der Waals surface area contributed by atoms with E-state index in [-0.39, 0.29) is 18.1 Å². The fourth-order valence-corrected chi connectivity index (χ4v) is 4.07. The molecule has 8 nitrogen and oxygen atoms in total. The summed E-state index contributed by atoms with van der Waals surface area (Å²) in [4.78, 5) is 36.0. The fraction of sp³-hybridized carbons (Fsp3) is 0.192. The Kier molecular flexibility index (Phi) is 6.60. The van der Waals surface area contributed by atoms with Gasteiger partial charge in [0, 0.05) is 17.2 Å². The molecule has 0 heterocycles. The lowest BCUT2D eigenvalue weighted by Crippen LogP contribution is -2.43. The summed E-state index contributed by atoms with van der Waals surface area (Å²) in [5.74, 6) is -2.11. The quantitative estimate of drug-likeness (QED) is 0.428. The fourth-order valence-electron chi connectivity index (χ4n) is 4.07. The molecule has 0 aliphatic heterocycles. The first-order valence-electron chi connectivity index (χ1n) is 10.8. The Morgan fingerprint density at radius 2 is 1.59 bits per heavy atom. The summed E-state index contributed by atoms with van der Waals surface area (Å²) in [5.41, 5.74) is 5.65. The summed E-state index contributed by atoms with van der Waals surface area (Å²) >= 11 is 0. The maximum atomic E-state index is 12.6. The average molecular weight is 460 g/mol. The van der Waals surface area contributed by atoms with Crippen LogP contribution in [0.3, 0.4) is 0 Å². The minimum atomic E-state index is -1.42. The van der Waals surface area contributed by atoms with Crippen LogP contribution in [0.2, 0.25) is 0 Å². The number of carboxylic acids is 1. The number of ether oxygens (including phenoxy) is 1. The Hall–Kier alpha value is -4.17. The predicted octanol–water partition coefficient (Wildman–Crippen LogP) is 3.53. The second kappa shape index (κ2) is 9.76. The number of amides is 2. The number of carboxylic acid groups (broad SMARTS) is 1. The third-order valence-corrected chi connectivity index (χ3v) is 5.87. The van der Waals surface area contributed by atoms with Gasteiger partial charge in [-0.05, 0) is 46.9 Å². The standard InChI is InChI=1S/C26H24N2O6/c1-15-10-11-16(24(30)27-23(13-29)25(31)32)12-22(15)28-26(33)34-14-21-19-8-4-2-6-17(19)18-7-3-5-9-20(18)21/h2-12,21,23,29H,13-14H2,1H3,(H,27,30)(H,28,33)(H,31,32)/t23-/m0/s1. The second-order valence-electron chi connectivity index (χ2n) is 8.03. The van der Waals surface area contributed by atoms with Crippen LogP contribution in [0.4, 0.5) is 10.5 Å². The molecule has 8 heteroatoms. The van der Waals surface area contributed by atoms with E-state index >= 15 is 0 Å². The van der Waals surface area contributed by atoms with E-state index in [1.54, 1.807) is 13.0 Å². The molecule has 34 heavy (non-hydrogen) atoms. The molecular formula is C26H24N2O6.